The predicted molar refractivity (Wildman–Crippen MR) is 93.1 cm³/mol. The first kappa shape index (κ1) is 17.9. The van der Waals surface area contributed by atoms with E-state index in [2.05, 4.69) is 0 Å². The summed E-state index contributed by atoms with van der Waals surface area (Å²) in [5.74, 6) is -4.20. The third-order valence-electron chi connectivity index (χ3n) is 10.1. The van der Waals surface area contributed by atoms with Gasteiger partial charge in [0.2, 0.25) is 11.9 Å². The fourth-order valence-corrected chi connectivity index (χ4v) is 9.17. The molecule has 7 fully saturated rings. The van der Waals surface area contributed by atoms with Gasteiger partial charge in [-0.1, -0.05) is 20.8 Å². The number of carbonyl (C=O) groups excluding carboxylic acids is 3. The molecule has 7 aliphatic rings. The zero-order valence-electron chi connectivity index (χ0n) is 17.1. The first-order chi connectivity index (χ1) is 13.9. The van der Waals surface area contributed by atoms with Gasteiger partial charge in [0.15, 0.2) is 5.60 Å². The molecule has 0 bridgehead atoms. The van der Waals surface area contributed by atoms with Crippen molar-refractivity contribution in [2.75, 3.05) is 0 Å². The average molecular weight is 420 g/mol. The van der Waals surface area contributed by atoms with E-state index in [1.54, 1.807) is 0 Å². The predicted octanol–water partition coefficient (Wildman–Crippen LogP) is -0.340. The smallest absolute Gasteiger partial charge is 0.342 e. The van der Waals surface area contributed by atoms with Gasteiger partial charge in [-0.25, -0.2) is 4.79 Å². The Labute approximate surface area is 172 Å². The summed E-state index contributed by atoms with van der Waals surface area (Å²) in [7, 11) is 0. The minimum absolute atomic E-state index is 0.135. The molecule has 9 heteroatoms. The highest BCUT2D eigenvalue weighted by Crippen LogP contribution is 2.91. The molecule has 4 heterocycles. The second kappa shape index (κ2) is 4.17. The van der Waals surface area contributed by atoms with Gasteiger partial charge >= 0.3 is 17.9 Å². The molecule has 11 unspecified atom stereocenters. The summed E-state index contributed by atoms with van der Waals surface area (Å²) in [6.07, 6.45) is -2.19. The van der Waals surface area contributed by atoms with Crippen LogP contribution in [-0.2, 0) is 33.3 Å². The van der Waals surface area contributed by atoms with Crippen molar-refractivity contribution in [3.05, 3.63) is 0 Å². The van der Waals surface area contributed by atoms with Crippen molar-refractivity contribution in [2.24, 2.45) is 34.0 Å². The van der Waals surface area contributed by atoms with Crippen LogP contribution in [0.2, 0.25) is 0 Å². The summed E-state index contributed by atoms with van der Waals surface area (Å²) < 4.78 is 23.2. The number of hydrogen-bond acceptors (Lipinski definition) is 9. The molecule has 11 atom stereocenters. The second-order valence-corrected chi connectivity index (χ2v) is 11.3. The Morgan fingerprint density at radius 3 is 2.37 bits per heavy atom. The fourth-order valence-electron chi connectivity index (χ4n) is 9.17. The molecule has 0 amide bonds. The molecule has 0 aromatic carbocycles. The highest BCUT2D eigenvalue weighted by atomic mass is 16.7. The van der Waals surface area contributed by atoms with Crippen LogP contribution in [0.25, 0.3) is 0 Å². The highest BCUT2D eigenvalue weighted by molar-refractivity contribution is 5.94. The van der Waals surface area contributed by atoms with E-state index in [4.69, 9.17) is 18.9 Å². The first-order valence-electron chi connectivity index (χ1n) is 10.6. The van der Waals surface area contributed by atoms with Gasteiger partial charge in [0, 0.05) is 12.3 Å². The molecule has 3 aliphatic carbocycles. The van der Waals surface area contributed by atoms with Crippen LogP contribution in [0.5, 0.6) is 0 Å². The lowest BCUT2D eigenvalue weighted by atomic mass is 9.35. The third-order valence-corrected chi connectivity index (χ3v) is 10.1. The van der Waals surface area contributed by atoms with Crippen molar-refractivity contribution in [2.45, 2.75) is 75.8 Å². The number of rotatable bonds is 0. The van der Waals surface area contributed by atoms with Gasteiger partial charge in [-0.05, 0) is 18.8 Å². The van der Waals surface area contributed by atoms with Crippen LogP contribution in [0.15, 0.2) is 0 Å². The van der Waals surface area contributed by atoms with Crippen LogP contribution in [-0.4, -0.2) is 63.4 Å². The molecule has 30 heavy (non-hydrogen) atoms. The van der Waals surface area contributed by atoms with E-state index >= 15 is 0 Å². The molecule has 0 radical (unpaired) electrons. The zero-order valence-corrected chi connectivity index (χ0v) is 17.1. The molecule has 7 rings (SSSR count). The number of fused-ring (bicyclic) bond motifs is 1. The van der Waals surface area contributed by atoms with E-state index in [1.807, 2.05) is 20.8 Å². The Morgan fingerprint density at radius 1 is 1.00 bits per heavy atom. The van der Waals surface area contributed by atoms with E-state index in [0.717, 1.165) is 0 Å². The number of carbonyl (C=O) groups is 3. The van der Waals surface area contributed by atoms with Crippen LogP contribution in [0, 0.1) is 34.0 Å². The Bertz CT molecular complexity index is 985. The molecule has 0 aromatic heterocycles. The summed E-state index contributed by atoms with van der Waals surface area (Å²) in [5.41, 5.74) is -7.90. The van der Waals surface area contributed by atoms with Crippen LogP contribution >= 0.6 is 0 Å². The molecule has 2 N–H and O–H groups in total. The summed E-state index contributed by atoms with van der Waals surface area (Å²) in [6.45, 7) is 7.15. The largest absolute Gasteiger partial charge is 0.459 e. The maximum atomic E-state index is 13.4. The third kappa shape index (κ3) is 1.12. The average Bonchev–Trinajstić information content (AvgIpc) is 3.32. The quantitative estimate of drug-likeness (QED) is 0.399. The minimum Gasteiger partial charge on any atom is -0.459 e. The summed E-state index contributed by atoms with van der Waals surface area (Å²) >= 11 is 0. The fraction of sp³-hybridized carbons (Fsp3) is 0.857. The first-order valence-corrected chi connectivity index (χ1v) is 10.6. The molecule has 4 saturated heterocycles. The maximum Gasteiger partial charge on any atom is 0.342 e. The van der Waals surface area contributed by atoms with Crippen molar-refractivity contribution in [3.8, 4) is 0 Å². The van der Waals surface area contributed by atoms with Gasteiger partial charge in [0.1, 0.15) is 12.2 Å². The number of hydrogen-bond donors (Lipinski definition) is 2. The zero-order chi connectivity index (χ0) is 21.4. The lowest BCUT2D eigenvalue weighted by Crippen LogP contribution is -2.77. The topological polar surface area (TPSA) is 129 Å². The van der Waals surface area contributed by atoms with Crippen molar-refractivity contribution in [1.29, 1.82) is 0 Å². The van der Waals surface area contributed by atoms with Crippen LogP contribution in [0.1, 0.15) is 40.5 Å². The minimum atomic E-state index is -1.92. The number of esters is 3. The SMILES string of the molecule is CC1C(=O)OC2CC34C5CC6C(O)(C(C)(C)C)C7C(=O)OC(OC3(C(=O)O5)C21O)C674. The number of ether oxygens (including phenoxy) is 4. The molecule has 3 saturated carbocycles. The summed E-state index contributed by atoms with van der Waals surface area (Å²) in [4.78, 5) is 38.7. The summed E-state index contributed by atoms with van der Waals surface area (Å²) in [5, 5.41) is 23.7. The Kier molecular flexibility index (Phi) is 2.49. The van der Waals surface area contributed by atoms with Gasteiger partial charge in [-0.15, -0.1) is 0 Å². The highest BCUT2D eigenvalue weighted by Gasteiger charge is 3.06. The van der Waals surface area contributed by atoms with Crippen LogP contribution in [0.4, 0.5) is 0 Å². The van der Waals surface area contributed by atoms with Gasteiger partial charge in [-0.3, -0.25) is 9.59 Å². The lowest BCUT2D eigenvalue weighted by Gasteiger charge is -2.65. The molecular formula is C21H24O9. The van der Waals surface area contributed by atoms with Crippen molar-refractivity contribution < 1.29 is 43.5 Å². The van der Waals surface area contributed by atoms with Crippen LogP contribution < -0.4 is 0 Å². The monoisotopic (exact) mass is 420 g/mol. The lowest BCUT2D eigenvalue weighted by molar-refractivity contribution is -0.299. The van der Waals surface area contributed by atoms with Crippen LogP contribution in [0.3, 0.4) is 0 Å². The Balaban J connectivity index is 1.52. The van der Waals surface area contributed by atoms with Crippen molar-refractivity contribution >= 4 is 17.9 Å². The Hall–Kier alpha value is -1.71. The van der Waals surface area contributed by atoms with Gasteiger partial charge in [-0.2, -0.15) is 0 Å². The van der Waals surface area contributed by atoms with Gasteiger partial charge in [0.25, 0.3) is 0 Å². The molecule has 9 nitrogen and oxygen atoms in total. The van der Waals surface area contributed by atoms with Gasteiger partial charge < -0.3 is 29.2 Å². The van der Waals surface area contributed by atoms with E-state index in [0.29, 0.717) is 6.42 Å². The normalized spacial score (nSPS) is 63.6. The van der Waals surface area contributed by atoms with Gasteiger partial charge in [0.05, 0.1) is 28.3 Å². The van der Waals surface area contributed by atoms with Crippen molar-refractivity contribution in [3.63, 3.8) is 0 Å². The number of aliphatic hydroxyl groups is 2. The maximum absolute atomic E-state index is 13.4. The summed E-state index contributed by atoms with van der Waals surface area (Å²) in [6, 6.07) is 0. The molecule has 2 spiro atoms. The van der Waals surface area contributed by atoms with E-state index in [9.17, 15) is 24.6 Å². The second-order valence-electron chi connectivity index (χ2n) is 11.3. The van der Waals surface area contributed by atoms with E-state index < -0.39 is 87.2 Å². The molecular weight excluding hydrogens is 396 g/mol. The molecule has 0 aromatic rings. The standard InChI is InChI=1S/C21H24O9/c1-7-12(22)27-10-6-17-9-5-8-18(17)11(20(8,26)16(2,3)4)13(23)29-15(18)30-21(17,14(24)28-9)19(7,10)25/h7-11,15,25-26H,5-6H2,1-4H3. The molecule has 4 aliphatic heterocycles. The Morgan fingerprint density at radius 2 is 1.70 bits per heavy atom. The molecule has 162 valence electrons. The van der Waals surface area contributed by atoms with E-state index in [-0.39, 0.29) is 6.42 Å². The van der Waals surface area contributed by atoms with Crippen molar-refractivity contribution in [1.82, 2.24) is 0 Å². The van der Waals surface area contributed by atoms with E-state index in [1.165, 1.54) is 6.92 Å².